The average molecular weight is 456 g/mol. The number of allylic oxidation sites excluding steroid dienone is 1. The first kappa shape index (κ1) is 25.6. The molecule has 0 saturated carbocycles. The van der Waals surface area contributed by atoms with Crippen LogP contribution in [-0.4, -0.2) is 30.6 Å². The maximum Gasteiger partial charge on any atom is 0.416 e. The molecular weight excluding hydrogens is 425 g/mol. The lowest BCUT2D eigenvalue weighted by molar-refractivity contribution is -0.137. The topological polar surface area (TPSA) is 27.6 Å². The molecule has 1 N–H and O–H groups in total. The molecule has 32 heavy (non-hydrogen) atoms. The molecule has 0 fully saturated rings. The number of alkyl halides is 5. The van der Waals surface area contributed by atoms with E-state index in [0.29, 0.717) is 42.9 Å². The number of nitrogens with one attached hydrogen (secondary N) is 1. The Balaban J connectivity index is 2.15. The molecule has 0 aromatic heterocycles. The van der Waals surface area contributed by atoms with Gasteiger partial charge in [0, 0.05) is 48.9 Å². The van der Waals surface area contributed by atoms with Gasteiger partial charge in [-0.3, -0.25) is 4.99 Å². The largest absolute Gasteiger partial charge is 0.416 e. The molecule has 176 valence electrons. The summed E-state index contributed by atoms with van der Waals surface area (Å²) in [5.74, 6) is -2.82. The predicted octanol–water partition coefficient (Wildman–Crippen LogP) is 6.55. The van der Waals surface area contributed by atoms with E-state index < -0.39 is 17.7 Å². The fourth-order valence-corrected chi connectivity index (χ4v) is 3.71. The van der Waals surface area contributed by atoms with Gasteiger partial charge in [0.1, 0.15) is 0 Å². The van der Waals surface area contributed by atoms with Crippen molar-refractivity contribution in [1.29, 1.82) is 0 Å². The zero-order chi connectivity index (χ0) is 24.1. The van der Waals surface area contributed by atoms with Gasteiger partial charge in [-0.1, -0.05) is 25.3 Å². The SMILES string of the molecule is C=NC1=C(C(=C)NCc2ccc(C(F)(F)F)cc2)CN(C(=C)C)CC1CCCC(C)(F)F. The van der Waals surface area contributed by atoms with Crippen LogP contribution in [0.2, 0.25) is 0 Å². The maximum atomic E-state index is 13.3. The van der Waals surface area contributed by atoms with Crippen molar-refractivity contribution in [2.45, 2.75) is 51.8 Å². The molecule has 2 rings (SSSR count). The second-order valence-corrected chi connectivity index (χ2v) is 8.32. The lowest BCUT2D eigenvalue weighted by atomic mass is 9.89. The number of rotatable bonds is 10. The monoisotopic (exact) mass is 455 g/mol. The van der Waals surface area contributed by atoms with E-state index in [1.165, 1.54) is 12.1 Å². The van der Waals surface area contributed by atoms with E-state index in [4.69, 9.17) is 0 Å². The Hall–Kier alpha value is -2.64. The highest BCUT2D eigenvalue weighted by molar-refractivity contribution is 5.42. The van der Waals surface area contributed by atoms with Crippen molar-refractivity contribution in [3.8, 4) is 0 Å². The lowest BCUT2D eigenvalue weighted by Crippen LogP contribution is -2.37. The van der Waals surface area contributed by atoms with Gasteiger partial charge in [-0.15, -0.1) is 0 Å². The number of hydrogen-bond donors (Lipinski definition) is 1. The van der Waals surface area contributed by atoms with E-state index in [-0.39, 0.29) is 18.9 Å². The van der Waals surface area contributed by atoms with Gasteiger partial charge in [0.2, 0.25) is 5.92 Å². The third-order valence-electron chi connectivity index (χ3n) is 5.52. The highest BCUT2D eigenvalue weighted by Gasteiger charge is 2.31. The Morgan fingerprint density at radius 3 is 2.28 bits per heavy atom. The van der Waals surface area contributed by atoms with Crippen LogP contribution in [0.5, 0.6) is 0 Å². The molecule has 1 aromatic rings. The fourth-order valence-electron chi connectivity index (χ4n) is 3.71. The molecule has 0 radical (unpaired) electrons. The fraction of sp³-hybridized carbons (Fsp3) is 0.458. The van der Waals surface area contributed by atoms with Gasteiger partial charge in [0.15, 0.2) is 0 Å². The number of benzene rings is 1. The summed E-state index contributed by atoms with van der Waals surface area (Å²) in [5, 5.41) is 3.15. The second-order valence-electron chi connectivity index (χ2n) is 8.32. The Kier molecular flexibility index (Phi) is 8.26. The summed E-state index contributed by atoms with van der Waals surface area (Å²) in [5.41, 5.74) is 2.89. The summed E-state index contributed by atoms with van der Waals surface area (Å²) in [6.45, 7) is 15.9. The van der Waals surface area contributed by atoms with E-state index in [1.807, 2.05) is 11.8 Å². The van der Waals surface area contributed by atoms with Crippen molar-refractivity contribution >= 4 is 6.72 Å². The van der Waals surface area contributed by atoms with Crippen molar-refractivity contribution in [1.82, 2.24) is 10.2 Å². The Labute approximate surface area is 186 Å². The van der Waals surface area contributed by atoms with Gasteiger partial charge < -0.3 is 10.2 Å². The molecule has 3 nitrogen and oxygen atoms in total. The van der Waals surface area contributed by atoms with Crippen molar-refractivity contribution in [2.24, 2.45) is 10.9 Å². The minimum absolute atomic E-state index is 0.0973. The normalized spacial score (nSPS) is 17.3. The van der Waals surface area contributed by atoms with Crippen LogP contribution >= 0.6 is 0 Å². The van der Waals surface area contributed by atoms with Crippen LogP contribution < -0.4 is 5.32 Å². The average Bonchev–Trinajstić information content (AvgIpc) is 2.70. The number of nitrogens with zero attached hydrogens (tertiary/aromatic N) is 2. The predicted molar refractivity (Wildman–Crippen MR) is 118 cm³/mol. The minimum atomic E-state index is -4.38. The van der Waals surface area contributed by atoms with Gasteiger partial charge in [-0.25, -0.2) is 8.78 Å². The van der Waals surface area contributed by atoms with Crippen LogP contribution in [0.4, 0.5) is 22.0 Å². The van der Waals surface area contributed by atoms with Crippen LogP contribution in [0.1, 0.15) is 44.2 Å². The Morgan fingerprint density at radius 2 is 1.78 bits per heavy atom. The molecule has 1 unspecified atom stereocenters. The van der Waals surface area contributed by atoms with E-state index in [0.717, 1.165) is 30.3 Å². The molecular formula is C24H30F5N3. The standard InChI is InChI=1S/C24H30F5N3/c1-16(2)32-14-19(7-6-12-23(4,25)26)22(30-5)21(15-32)17(3)31-13-18-8-10-20(11-9-18)24(27,28)29/h8-11,19,31H,1,3,5-7,12-15H2,2,4H3. The molecule has 1 aromatic carbocycles. The van der Waals surface area contributed by atoms with Gasteiger partial charge in [-0.2, -0.15) is 13.2 Å². The number of halogens is 5. The van der Waals surface area contributed by atoms with Crippen molar-refractivity contribution < 1.29 is 22.0 Å². The quantitative estimate of drug-likeness (QED) is 0.320. The van der Waals surface area contributed by atoms with E-state index in [2.05, 4.69) is 30.2 Å². The highest BCUT2D eigenvalue weighted by Crippen LogP contribution is 2.34. The molecule has 1 heterocycles. The molecule has 1 atom stereocenters. The smallest absolute Gasteiger partial charge is 0.381 e. The summed E-state index contributed by atoms with van der Waals surface area (Å²) >= 11 is 0. The molecule has 0 amide bonds. The first-order chi connectivity index (χ1) is 14.8. The third kappa shape index (κ3) is 7.21. The van der Waals surface area contributed by atoms with Gasteiger partial charge in [0.05, 0.1) is 11.3 Å². The molecule has 1 aliphatic heterocycles. The van der Waals surface area contributed by atoms with Crippen molar-refractivity contribution in [2.75, 3.05) is 13.1 Å². The lowest BCUT2D eigenvalue weighted by Gasteiger charge is -2.37. The maximum absolute atomic E-state index is 13.3. The summed E-state index contributed by atoms with van der Waals surface area (Å²) in [6, 6.07) is 4.91. The number of hydrogen-bond acceptors (Lipinski definition) is 3. The van der Waals surface area contributed by atoms with Crippen LogP contribution in [0.25, 0.3) is 0 Å². The Bertz CT molecular complexity index is 863. The summed E-state index contributed by atoms with van der Waals surface area (Å²) < 4.78 is 64.8. The van der Waals surface area contributed by atoms with Crippen LogP contribution in [-0.2, 0) is 12.7 Å². The molecule has 0 aliphatic carbocycles. The van der Waals surface area contributed by atoms with Crippen LogP contribution in [0.3, 0.4) is 0 Å². The third-order valence-corrected chi connectivity index (χ3v) is 5.52. The van der Waals surface area contributed by atoms with Gasteiger partial charge in [0.25, 0.3) is 0 Å². The second kappa shape index (κ2) is 10.3. The van der Waals surface area contributed by atoms with Gasteiger partial charge >= 0.3 is 6.18 Å². The summed E-state index contributed by atoms with van der Waals surface area (Å²) in [4.78, 5) is 6.24. The molecule has 0 bridgehead atoms. The molecule has 0 saturated heterocycles. The van der Waals surface area contributed by atoms with Crippen molar-refractivity contribution in [3.05, 3.63) is 71.2 Å². The van der Waals surface area contributed by atoms with Crippen molar-refractivity contribution in [3.63, 3.8) is 0 Å². The minimum Gasteiger partial charge on any atom is -0.381 e. The summed E-state index contributed by atoms with van der Waals surface area (Å²) in [6.07, 6.45) is -3.72. The summed E-state index contributed by atoms with van der Waals surface area (Å²) in [7, 11) is 0. The molecule has 0 spiro atoms. The van der Waals surface area contributed by atoms with E-state index in [9.17, 15) is 22.0 Å². The number of aliphatic imine (C=N–C) groups is 1. The Morgan fingerprint density at radius 1 is 1.16 bits per heavy atom. The first-order valence-corrected chi connectivity index (χ1v) is 10.4. The van der Waals surface area contributed by atoms with E-state index in [1.54, 1.807) is 0 Å². The van der Waals surface area contributed by atoms with Crippen LogP contribution in [0, 0.1) is 5.92 Å². The molecule has 1 aliphatic rings. The van der Waals surface area contributed by atoms with E-state index >= 15 is 0 Å². The first-order valence-electron chi connectivity index (χ1n) is 10.4. The zero-order valence-corrected chi connectivity index (χ0v) is 18.5. The highest BCUT2D eigenvalue weighted by atomic mass is 19.4. The molecule has 8 heteroatoms. The van der Waals surface area contributed by atoms with Crippen LogP contribution in [0.15, 0.2) is 65.1 Å². The zero-order valence-electron chi connectivity index (χ0n) is 18.5. The van der Waals surface area contributed by atoms with Gasteiger partial charge in [-0.05, 0) is 51.1 Å².